The van der Waals surface area contributed by atoms with Gasteiger partial charge in [0.2, 0.25) is 0 Å². The number of imide groups is 1. The van der Waals surface area contributed by atoms with Gasteiger partial charge in [-0.25, -0.2) is 4.39 Å². The molecule has 0 saturated carbocycles. The molecule has 37 heavy (non-hydrogen) atoms. The number of nitrogens with one attached hydrogen (secondary N) is 1. The van der Waals surface area contributed by atoms with E-state index >= 15 is 0 Å². The van der Waals surface area contributed by atoms with Crippen LogP contribution in [0.3, 0.4) is 0 Å². The summed E-state index contributed by atoms with van der Waals surface area (Å²) in [7, 11) is 0. The van der Waals surface area contributed by atoms with Crippen molar-refractivity contribution < 1.29 is 23.2 Å². The first kappa shape index (κ1) is 22.8. The van der Waals surface area contributed by atoms with Crippen molar-refractivity contribution in [3.05, 3.63) is 88.9 Å². The van der Waals surface area contributed by atoms with Crippen LogP contribution in [0.5, 0.6) is 0 Å². The van der Waals surface area contributed by atoms with E-state index in [0.29, 0.717) is 23.8 Å². The monoisotopic (exact) mass is 499 g/mol. The van der Waals surface area contributed by atoms with Crippen molar-refractivity contribution in [1.82, 2.24) is 19.7 Å². The topological polar surface area (TPSA) is 110 Å². The molecule has 0 spiro atoms. The molecular formula is C27H22FN5O4. The fourth-order valence-corrected chi connectivity index (χ4v) is 4.80. The van der Waals surface area contributed by atoms with Crippen molar-refractivity contribution >= 4 is 23.4 Å². The van der Waals surface area contributed by atoms with Crippen molar-refractivity contribution in [2.45, 2.75) is 38.8 Å². The number of nitrogens with zero attached hydrogens (tertiary/aromatic N) is 4. The third-order valence-electron chi connectivity index (χ3n) is 6.70. The molecule has 4 aromatic rings. The maximum Gasteiger partial charge on any atom is 0.261 e. The molecule has 186 valence electrons. The Morgan fingerprint density at radius 1 is 0.973 bits per heavy atom. The van der Waals surface area contributed by atoms with Crippen molar-refractivity contribution in [2.24, 2.45) is 0 Å². The zero-order valence-electron chi connectivity index (χ0n) is 19.7. The Hall–Kier alpha value is -4.60. The van der Waals surface area contributed by atoms with Crippen molar-refractivity contribution in [3.8, 4) is 11.4 Å². The Balaban J connectivity index is 1.24. The average molecular weight is 500 g/mol. The first-order valence-corrected chi connectivity index (χ1v) is 12.1. The molecule has 0 unspecified atom stereocenters. The van der Waals surface area contributed by atoms with Crippen molar-refractivity contribution in [1.29, 1.82) is 0 Å². The second-order valence-corrected chi connectivity index (χ2v) is 9.09. The highest BCUT2D eigenvalue weighted by Crippen LogP contribution is 2.29. The van der Waals surface area contributed by atoms with E-state index in [1.54, 1.807) is 12.1 Å². The van der Waals surface area contributed by atoms with Gasteiger partial charge in [-0.05, 0) is 61.4 Å². The van der Waals surface area contributed by atoms with Gasteiger partial charge in [0.1, 0.15) is 17.4 Å². The molecule has 0 atom stereocenters. The third kappa shape index (κ3) is 4.10. The summed E-state index contributed by atoms with van der Waals surface area (Å²) in [6.07, 6.45) is 5.33. The standard InChI is InChI=1S/C27H22FN5O4/c28-22-10-8-17(14-21(22)24-31-30-23-6-2-1-3-11-32(23)24)29-25(34)16-7-9-19-20(13-16)27(36)33(26(19)35)15-18-5-4-12-37-18/h4-5,7-10,12-14H,1-3,6,11,15H2,(H,29,34). The summed E-state index contributed by atoms with van der Waals surface area (Å²) >= 11 is 0. The van der Waals surface area contributed by atoms with E-state index in [1.807, 2.05) is 4.57 Å². The number of amides is 3. The number of furan rings is 1. The lowest BCUT2D eigenvalue weighted by atomic mass is 10.1. The number of carbonyl (C=O) groups excluding carboxylic acids is 3. The Bertz CT molecular complexity index is 1540. The lowest BCUT2D eigenvalue weighted by Crippen LogP contribution is -2.28. The maximum absolute atomic E-state index is 14.8. The fraction of sp³-hybridized carbons (Fsp3) is 0.222. The smallest absolute Gasteiger partial charge is 0.261 e. The second kappa shape index (κ2) is 9.12. The summed E-state index contributed by atoms with van der Waals surface area (Å²) in [5, 5.41) is 11.2. The summed E-state index contributed by atoms with van der Waals surface area (Å²) in [5.74, 6) is -0.157. The van der Waals surface area contributed by atoms with E-state index in [0.717, 1.165) is 36.4 Å². The average Bonchev–Trinajstić information content (AvgIpc) is 3.57. The molecular weight excluding hydrogens is 477 g/mol. The van der Waals surface area contributed by atoms with E-state index in [1.165, 1.54) is 42.7 Å². The summed E-state index contributed by atoms with van der Waals surface area (Å²) in [6, 6.07) is 12.0. The predicted octanol–water partition coefficient (Wildman–Crippen LogP) is 4.45. The molecule has 10 heteroatoms. The van der Waals surface area contributed by atoms with Crippen LogP contribution in [-0.4, -0.2) is 37.4 Å². The Kier molecular flexibility index (Phi) is 5.63. The van der Waals surface area contributed by atoms with Gasteiger partial charge in [-0.15, -0.1) is 10.2 Å². The van der Waals surface area contributed by atoms with Crippen LogP contribution in [0, 0.1) is 5.82 Å². The highest BCUT2D eigenvalue weighted by Gasteiger charge is 2.36. The largest absolute Gasteiger partial charge is 0.467 e. The number of anilines is 1. The molecule has 1 N–H and O–H groups in total. The van der Waals surface area contributed by atoms with E-state index < -0.39 is 23.5 Å². The summed E-state index contributed by atoms with van der Waals surface area (Å²) in [4.78, 5) is 39.7. The minimum Gasteiger partial charge on any atom is -0.467 e. The van der Waals surface area contributed by atoms with Crippen molar-refractivity contribution in [2.75, 3.05) is 5.32 Å². The van der Waals surface area contributed by atoms with Crippen LogP contribution in [-0.2, 0) is 19.5 Å². The molecule has 3 amide bonds. The summed E-state index contributed by atoms with van der Waals surface area (Å²) in [5.41, 5.74) is 1.19. The number of aryl methyl sites for hydroxylation is 1. The first-order valence-electron chi connectivity index (χ1n) is 12.1. The van der Waals surface area contributed by atoms with Gasteiger partial charge in [0, 0.05) is 24.2 Å². The molecule has 2 aromatic carbocycles. The molecule has 0 bridgehead atoms. The molecule has 2 aromatic heterocycles. The Morgan fingerprint density at radius 2 is 1.84 bits per heavy atom. The zero-order chi connectivity index (χ0) is 25.5. The van der Waals surface area contributed by atoms with Crippen LogP contribution in [0.4, 0.5) is 10.1 Å². The molecule has 2 aliphatic heterocycles. The Labute approximate surface area is 210 Å². The number of hydrogen-bond acceptors (Lipinski definition) is 6. The SMILES string of the molecule is O=C(Nc1ccc(F)c(-c2nnc3n2CCCCC3)c1)c1ccc2c(c1)C(=O)N(Cc1ccco1)C2=O. The third-order valence-corrected chi connectivity index (χ3v) is 6.70. The van der Waals surface area contributed by atoms with Gasteiger partial charge in [0.05, 0.1) is 29.5 Å². The number of carbonyl (C=O) groups is 3. The van der Waals surface area contributed by atoms with Crippen LogP contribution in [0.1, 0.15) is 61.9 Å². The van der Waals surface area contributed by atoms with Crippen LogP contribution in [0.15, 0.2) is 59.2 Å². The number of benzene rings is 2. The van der Waals surface area contributed by atoms with E-state index in [2.05, 4.69) is 15.5 Å². The highest BCUT2D eigenvalue weighted by molar-refractivity contribution is 6.22. The predicted molar refractivity (Wildman–Crippen MR) is 130 cm³/mol. The van der Waals surface area contributed by atoms with E-state index in [4.69, 9.17) is 4.42 Å². The van der Waals surface area contributed by atoms with E-state index in [-0.39, 0.29) is 28.8 Å². The molecule has 6 rings (SSSR count). The number of fused-ring (bicyclic) bond motifs is 2. The summed E-state index contributed by atoms with van der Waals surface area (Å²) < 4.78 is 22.0. The number of rotatable bonds is 5. The van der Waals surface area contributed by atoms with Gasteiger partial charge < -0.3 is 14.3 Å². The van der Waals surface area contributed by atoms with Gasteiger partial charge in [0.15, 0.2) is 5.82 Å². The van der Waals surface area contributed by atoms with Gasteiger partial charge in [-0.3, -0.25) is 19.3 Å². The van der Waals surface area contributed by atoms with Crippen LogP contribution in [0.25, 0.3) is 11.4 Å². The first-order chi connectivity index (χ1) is 18.0. The molecule has 0 radical (unpaired) electrons. The molecule has 4 heterocycles. The van der Waals surface area contributed by atoms with Crippen LogP contribution < -0.4 is 5.32 Å². The van der Waals surface area contributed by atoms with Gasteiger partial charge in [-0.1, -0.05) is 6.42 Å². The molecule has 2 aliphatic rings. The normalized spacial score (nSPS) is 14.9. The van der Waals surface area contributed by atoms with Crippen molar-refractivity contribution in [3.63, 3.8) is 0 Å². The minimum atomic E-state index is -0.498. The second-order valence-electron chi connectivity index (χ2n) is 9.09. The molecule has 0 aliphatic carbocycles. The molecule has 9 nitrogen and oxygen atoms in total. The van der Waals surface area contributed by atoms with Crippen LogP contribution >= 0.6 is 0 Å². The zero-order valence-corrected chi connectivity index (χ0v) is 19.7. The fourth-order valence-electron chi connectivity index (χ4n) is 4.80. The number of aromatic nitrogens is 3. The number of hydrogen-bond donors (Lipinski definition) is 1. The maximum atomic E-state index is 14.8. The van der Waals surface area contributed by atoms with E-state index in [9.17, 15) is 18.8 Å². The minimum absolute atomic E-state index is 0.00552. The van der Waals surface area contributed by atoms with Gasteiger partial charge in [0.25, 0.3) is 17.7 Å². The Morgan fingerprint density at radius 3 is 2.68 bits per heavy atom. The van der Waals surface area contributed by atoms with Crippen LogP contribution in [0.2, 0.25) is 0 Å². The lowest BCUT2D eigenvalue weighted by molar-refractivity contribution is 0.0631. The lowest BCUT2D eigenvalue weighted by Gasteiger charge is -2.11. The number of halogens is 1. The summed E-state index contributed by atoms with van der Waals surface area (Å²) in [6.45, 7) is 0.720. The highest BCUT2D eigenvalue weighted by atomic mass is 19.1. The van der Waals surface area contributed by atoms with Gasteiger partial charge >= 0.3 is 0 Å². The quantitative estimate of drug-likeness (QED) is 0.406. The molecule has 0 saturated heterocycles. The van der Waals surface area contributed by atoms with Gasteiger partial charge in [-0.2, -0.15) is 0 Å². The molecule has 0 fully saturated rings.